The fourth-order valence-corrected chi connectivity index (χ4v) is 4.25. The van der Waals surface area contributed by atoms with Crippen LogP contribution in [0, 0.1) is 0 Å². The summed E-state index contributed by atoms with van der Waals surface area (Å²) in [6.07, 6.45) is 3.34. The predicted molar refractivity (Wildman–Crippen MR) is 81.7 cm³/mol. The van der Waals surface area contributed by atoms with Crippen LogP contribution in [0.2, 0.25) is 0 Å². The summed E-state index contributed by atoms with van der Waals surface area (Å²) in [4.78, 5) is 16.2. The summed E-state index contributed by atoms with van der Waals surface area (Å²) in [6.45, 7) is 2.56. The van der Waals surface area contributed by atoms with E-state index in [1.54, 1.807) is 11.8 Å². The van der Waals surface area contributed by atoms with E-state index in [2.05, 4.69) is 22.3 Å². The van der Waals surface area contributed by atoms with Crippen LogP contribution in [0.1, 0.15) is 19.8 Å². The molecule has 0 aliphatic heterocycles. The molecule has 1 fully saturated rings. The Hall–Kier alpha value is -1.12. The zero-order valence-corrected chi connectivity index (χ0v) is 12.7. The number of hydrogen-bond acceptors (Lipinski definition) is 7. The van der Waals surface area contributed by atoms with Crippen LogP contribution >= 0.6 is 23.1 Å². The number of aromatic nitrogens is 3. The first-order valence-electron chi connectivity index (χ1n) is 6.55. The fraction of sp³-hybridized carbons (Fsp3) is 0.583. The Morgan fingerprint density at radius 2 is 2.55 bits per heavy atom. The minimum absolute atomic E-state index is 0.193. The van der Waals surface area contributed by atoms with Crippen LogP contribution in [-0.4, -0.2) is 42.9 Å². The second kappa shape index (κ2) is 5.34. The average Bonchev–Trinajstić information content (AvgIpc) is 2.85. The number of fused-ring (bicyclic) bond motifs is 1. The molecule has 1 saturated carbocycles. The molecule has 8 heteroatoms. The van der Waals surface area contributed by atoms with Crippen LogP contribution < -0.4 is 10.9 Å². The van der Waals surface area contributed by atoms with Gasteiger partial charge in [-0.15, -0.1) is 5.10 Å². The molecule has 2 aromatic rings. The van der Waals surface area contributed by atoms with Crippen LogP contribution in [0.5, 0.6) is 0 Å². The highest BCUT2D eigenvalue weighted by Gasteiger charge is 2.45. The van der Waals surface area contributed by atoms with Gasteiger partial charge >= 0.3 is 0 Å². The number of thioether (sulfide) groups is 1. The Kier molecular flexibility index (Phi) is 3.70. The highest BCUT2D eigenvalue weighted by Crippen LogP contribution is 2.41. The van der Waals surface area contributed by atoms with E-state index in [-0.39, 0.29) is 10.8 Å². The number of rotatable bonds is 5. The van der Waals surface area contributed by atoms with Gasteiger partial charge < -0.3 is 10.4 Å². The maximum atomic E-state index is 11.6. The number of nitrogens with one attached hydrogen (secondary N) is 1. The molecule has 6 nitrogen and oxygen atoms in total. The molecule has 1 aliphatic rings. The maximum Gasteiger partial charge on any atom is 0.275 e. The van der Waals surface area contributed by atoms with E-state index < -0.39 is 5.60 Å². The van der Waals surface area contributed by atoms with Crippen molar-refractivity contribution < 1.29 is 5.11 Å². The molecule has 0 saturated heterocycles. The Labute approximate surface area is 124 Å². The van der Waals surface area contributed by atoms with Crippen LogP contribution in [0.3, 0.4) is 0 Å². The predicted octanol–water partition coefficient (Wildman–Crippen LogP) is 1.21. The van der Waals surface area contributed by atoms with Crippen molar-refractivity contribution in [3.63, 3.8) is 0 Å². The molecule has 2 heterocycles. The van der Waals surface area contributed by atoms with Crippen molar-refractivity contribution in [2.45, 2.75) is 30.6 Å². The number of aliphatic hydroxyl groups is 1. The monoisotopic (exact) mass is 312 g/mol. The lowest BCUT2D eigenvalue weighted by Crippen LogP contribution is -2.54. The van der Waals surface area contributed by atoms with Gasteiger partial charge in [0.15, 0.2) is 0 Å². The minimum atomic E-state index is -0.670. The zero-order chi connectivity index (χ0) is 14.2. The van der Waals surface area contributed by atoms with Crippen LogP contribution in [0.25, 0.3) is 4.96 Å². The molecule has 2 atom stereocenters. The van der Waals surface area contributed by atoms with Gasteiger partial charge in [-0.25, -0.2) is 4.98 Å². The molecule has 2 N–H and O–H groups in total. The van der Waals surface area contributed by atoms with Gasteiger partial charge in [-0.3, -0.25) is 4.79 Å². The van der Waals surface area contributed by atoms with Gasteiger partial charge in [-0.1, -0.05) is 18.3 Å². The second-order valence-electron chi connectivity index (χ2n) is 4.82. The van der Waals surface area contributed by atoms with Gasteiger partial charge in [0.25, 0.3) is 5.56 Å². The Morgan fingerprint density at radius 3 is 3.20 bits per heavy atom. The Morgan fingerprint density at radius 1 is 1.70 bits per heavy atom. The smallest absolute Gasteiger partial charge is 0.275 e. The average molecular weight is 312 g/mol. The summed E-state index contributed by atoms with van der Waals surface area (Å²) in [5.74, 6) is 1.01. The molecular weight excluding hydrogens is 296 g/mol. The van der Waals surface area contributed by atoms with E-state index in [9.17, 15) is 9.90 Å². The van der Waals surface area contributed by atoms with E-state index in [4.69, 9.17) is 0 Å². The standard InChI is InChI=1S/C12H16N4O2S2/c1-2-19-8-3-5-12(8,18)7-14-10-15-16-9(17)4-6-13-11(16)20-10/h4,6,8,18H,2-3,5,7H2,1H3,(H,14,15). The summed E-state index contributed by atoms with van der Waals surface area (Å²) < 4.78 is 1.27. The van der Waals surface area contributed by atoms with E-state index in [0.29, 0.717) is 16.6 Å². The molecular formula is C12H16N4O2S2. The number of anilines is 1. The summed E-state index contributed by atoms with van der Waals surface area (Å²) in [5.41, 5.74) is -0.863. The van der Waals surface area contributed by atoms with Crippen molar-refractivity contribution in [3.8, 4) is 0 Å². The number of hydrogen-bond donors (Lipinski definition) is 2. The molecule has 0 bridgehead atoms. The molecule has 0 radical (unpaired) electrons. The molecule has 0 aromatic carbocycles. The van der Waals surface area contributed by atoms with Crippen molar-refractivity contribution in [1.29, 1.82) is 0 Å². The Balaban J connectivity index is 1.71. The van der Waals surface area contributed by atoms with E-state index >= 15 is 0 Å². The largest absolute Gasteiger partial charge is 0.387 e. The van der Waals surface area contributed by atoms with Gasteiger partial charge in [-0.2, -0.15) is 16.3 Å². The molecule has 0 amide bonds. The van der Waals surface area contributed by atoms with Crippen molar-refractivity contribution >= 4 is 33.2 Å². The lowest BCUT2D eigenvalue weighted by Gasteiger charge is -2.44. The third-order valence-electron chi connectivity index (χ3n) is 3.52. The van der Waals surface area contributed by atoms with E-state index in [0.717, 1.165) is 18.6 Å². The van der Waals surface area contributed by atoms with E-state index in [1.807, 2.05) is 0 Å². The fourth-order valence-electron chi connectivity index (χ4n) is 2.28. The summed E-state index contributed by atoms with van der Waals surface area (Å²) >= 11 is 3.11. The lowest BCUT2D eigenvalue weighted by molar-refractivity contribution is -0.0120. The molecule has 2 aromatic heterocycles. The van der Waals surface area contributed by atoms with Crippen LogP contribution in [0.4, 0.5) is 5.13 Å². The molecule has 20 heavy (non-hydrogen) atoms. The van der Waals surface area contributed by atoms with Gasteiger partial charge in [0, 0.05) is 24.1 Å². The van der Waals surface area contributed by atoms with E-state index in [1.165, 1.54) is 28.1 Å². The quantitative estimate of drug-likeness (QED) is 0.864. The Bertz CT molecular complexity index is 671. The van der Waals surface area contributed by atoms with Crippen molar-refractivity contribution in [2.75, 3.05) is 17.6 Å². The molecule has 3 rings (SSSR count). The van der Waals surface area contributed by atoms with Gasteiger partial charge in [0.05, 0.1) is 5.60 Å². The molecule has 108 valence electrons. The highest BCUT2D eigenvalue weighted by molar-refractivity contribution is 8.00. The molecule has 2 unspecified atom stereocenters. The van der Waals surface area contributed by atoms with Gasteiger partial charge in [-0.05, 0) is 18.6 Å². The van der Waals surface area contributed by atoms with Gasteiger partial charge in [0.1, 0.15) is 0 Å². The first kappa shape index (κ1) is 13.8. The zero-order valence-electron chi connectivity index (χ0n) is 11.1. The first-order valence-corrected chi connectivity index (χ1v) is 8.41. The van der Waals surface area contributed by atoms with Crippen LogP contribution in [-0.2, 0) is 0 Å². The molecule has 0 spiro atoms. The molecule has 1 aliphatic carbocycles. The first-order chi connectivity index (χ1) is 9.62. The highest BCUT2D eigenvalue weighted by atomic mass is 32.2. The minimum Gasteiger partial charge on any atom is -0.387 e. The summed E-state index contributed by atoms with van der Waals surface area (Å²) in [5, 5.41) is 18.7. The SMILES string of the molecule is CCSC1CCC1(O)CNc1nn2c(=O)ccnc2s1. The summed E-state index contributed by atoms with van der Waals surface area (Å²) in [6, 6.07) is 1.38. The lowest BCUT2D eigenvalue weighted by atomic mass is 9.79. The van der Waals surface area contributed by atoms with Gasteiger partial charge in [0.2, 0.25) is 10.1 Å². The third-order valence-corrected chi connectivity index (χ3v) is 5.81. The van der Waals surface area contributed by atoms with Crippen molar-refractivity contribution in [1.82, 2.24) is 14.6 Å². The van der Waals surface area contributed by atoms with Crippen molar-refractivity contribution in [3.05, 3.63) is 22.6 Å². The van der Waals surface area contributed by atoms with Crippen LogP contribution in [0.15, 0.2) is 17.1 Å². The van der Waals surface area contributed by atoms with Crippen molar-refractivity contribution in [2.24, 2.45) is 0 Å². The third kappa shape index (κ3) is 2.43. The number of nitrogens with zero attached hydrogens (tertiary/aromatic N) is 3. The summed E-state index contributed by atoms with van der Waals surface area (Å²) in [7, 11) is 0. The normalized spacial score (nSPS) is 25.6. The maximum absolute atomic E-state index is 11.6. The second-order valence-corrected chi connectivity index (χ2v) is 7.26. The topological polar surface area (TPSA) is 79.5 Å².